The van der Waals surface area contributed by atoms with Crippen LogP contribution in [-0.4, -0.2) is 63.4 Å². The molecule has 134 valence electrons. The fourth-order valence-electron chi connectivity index (χ4n) is 5.24. The molecule has 0 saturated carbocycles. The molecule has 2 heterocycles. The SMILES string of the molecule is CN1CCC23c4c5ccc(O)c4OC2C(O)C=CC3C1C5.O.O.O. The Balaban J connectivity index is 0.000000694. The minimum Gasteiger partial charge on any atom is -0.504 e. The van der Waals surface area contributed by atoms with Crippen LogP contribution in [0.2, 0.25) is 0 Å². The number of likely N-dealkylation sites (N-methyl/N-ethyl adjacent to an activating group) is 1. The van der Waals surface area contributed by atoms with E-state index in [0.29, 0.717) is 17.7 Å². The second-order valence-corrected chi connectivity index (χ2v) is 6.93. The van der Waals surface area contributed by atoms with Gasteiger partial charge in [0.2, 0.25) is 0 Å². The third-order valence-corrected chi connectivity index (χ3v) is 6.15. The van der Waals surface area contributed by atoms with E-state index in [1.807, 2.05) is 12.1 Å². The first-order valence-electron chi connectivity index (χ1n) is 7.71. The lowest BCUT2D eigenvalue weighted by atomic mass is 9.53. The number of hydrogen-bond donors (Lipinski definition) is 2. The third kappa shape index (κ3) is 1.84. The summed E-state index contributed by atoms with van der Waals surface area (Å²) in [5.74, 6) is 1.19. The molecule has 8 N–H and O–H groups in total. The van der Waals surface area contributed by atoms with Crippen LogP contribution in [0.1, 0.15) is 17.5 Å². The summed E-state index contributed by atoms with van der Waals surface area (Å²) in [5, 5.41) is 20.6. The number of nitrogens with zero attached hydrogens (tertiary/aromatic N) is 1. The smallest absolute Gasteiger partial charge is 0.165 e. The first-order valence-corrected chi connectivity index (χ1v) is 7.71. The monoisotopic (exact) mass is 339 g/mol. The molecule has 1 saturated heterocycles. The third-order valence-electron chi connectivity index (χ3n) is 6.15. The number of aromatic hydroxyl groups is 1. The molecule has 1 aromatic rings. The molecule has 0 radical (unpaired) electrons. The topological polar surface area (TPSA) is 147 Å². The van der Waals surface area contributed by atoms with Crippen LogP contribution in [0.5, 0.6) is 11.5 Å². The van der Waals surface area contributed by atoms with Gasteiger partial charge in [-0.3, -0.25) is 0 Å². The number of aliphatic hydroxyl groups excluding tert-OH is 1. The molecule has 0 amide bonds. The molecule has 1 fully saturated rings. The molecule has 0 aromatic heterocycles. The van der Waals surface area contributed by atoms with E-state index in [2.05, 4.69) is 18.0 Å². The summed E-state index contributed by atoms with van der Waals surface area (Å²) in [6.07, 6.45) is 5.18. The van der Waals surface area contributed by atoms with Crippen molar-refractivity contribution in [1.82, 2.24) is 4.90 Å². The lowest BCUT2D eigenvalue weighted by Crippen LogP contribution is -2.64. The summed E-state index contributed by atoms with van der Waals surface area (Å²) in [4.78, 5) is 2.43. The summed E-state index contributed by atoms with van der Waals surface area (Å²) in [6, 6.07) is 4.23. The Morgan fingerprint density at radius 2 is 1.96 bits per heavy atom. The minimum absolute atomic E-state index is 0. The quantitative estimate of drug-likeness (QED) is 0.567. The van der Waals surface area contributed by atoms with E-state index < -0.39 is 6.10 Å². The van der Waals surface area contributed by atoms with Gasteiger partial charge in [0.05, 0.1) is 0 Å². The van der Waals surface area contributed by atoms with Crippen LogP contribution in [0, 0.1) is 5.92 Å². The Bertz CT molecular complexity index is 677. The average Bonchev–Trinajstić information content (AvgIpc) is 2.83. The van der Waals surface area contributed by atoms with Crippen molar-refractivity contribution in [2.75, 3.05) is 13.6 Å². The summed E-state index contributed by atoms with van der Waals surface area (Å²) in [7, 11) is 2.19. The maximum atomic E-state index is 10.4. The number of aliphatic hydroxyl groups is 1. The highest BCUT2D eigenvalue weighted by Gasteiger charge is 2.64. The van der Waals surface area contributed by atoms with Gasteiger partial charge in [0, 0.05) is 22.9 Å². The van der Waals surface area contributed by atoms with Gasteiger partial charge in [-0.15, -0.1) is 0 Å². The van der Waals surface area contributed by atoms with Crippen molar-refractivity contribution in [3.63, 3.8) is 0 Å². The van der Waals surface area contributed by atoms with Gasteiger partial charge in [-0.25, -0.2) is 0 Å². The van der Waals surface area contributed by atoms with Gasteiger partial charge in [-0.1, -0.05) is 18.2 Å². The number of rotatable bonds is 0. The highest BCUT2D eigenvalue weighted by molar-refractivity contribution is 5.61. The Morgan fingerprint density at radius 1 is 1.21 bits per heavy atom. The fraction of sp³-hybridized carbons (Fsp3) is 0.529. The second-order valence-electron chi connectivity index (χ2n) is 6.93. The van der Waals surface area contributed by atoms with Crippen molar-refractivity contribution in [2.45, 2.75) is 36.5 Å². The van der Waals surface area contributed by atoms with E-state index in [1.165, 1.54) is 11.1 Å². The molecule has 1 aromatic carbocycles. The lowest BCUT2D eigenvalue weighted by molar-refractivity contribution is -0.0453. The van der Waals surface area contributed by atoms with Crippen LogP contribution in [0.4, 0.5) is 0 Å². The van der Waals surface area contributed by atoms with Crippen molar-refractivity contribution in [3.8, 4) is 11.5 Å². The number of ether oxygens (including phenoxy) is 1. The zero-order valence-electron chi connectivity index (χ0n) is 13.5. The molecular formula is C17H25NO6. The summed E-state index contributed by atoms with van der Waals surface area (Å²) in [5.41, 5.74) is 2.29. The number of hydrogen-bond acceptors (Lipinski definition) is 4. The maximum Gasteiger partial charge on any atom is 0.165 e. The molecule has 5 atom stereocenters. The molecule has 2 aliphatic heterocycles. The Kier molecular flexibility index (Phi) is 4.45. The first-order chi connectivity index (χ1) is 10.1. The fourth-order valence-corrected chi connectivity index (χ4v) is 5.24. The molecule has 7 heteroatoms. The van der Waals surface area contributed by atoms with Gasteiger partial charge in [-0.2, -0.15) is 0 Å². The normalized spacial score (nSPS) is 37.2. The second kappa shape index (κ2) is 5.72. The zero-order valence-corrected chi connectivity index (χ0v) is 13.5. The molecule has 7 nitrogen and oxygen atoms in total. The molecule has 5 unspecified atom stereocenters. The van der Waals surface area contributed by atoms with E-state index in [0.717, 1.165) is 19.4 Å². The van der Waals surface area contributed by atoms with Gasteiger partial charge >= 0.3 is 0 Å². The van der Waals surface area contributed by atoms with Gasteiger partial charge in [0.25, 0.3) is 0 Å². The molecule has 5 rings (SSSR count). The minimum atomic E-state index is -0.594. The molecular weight excluding hydrogens is 314 g/mol. The number of likely N-dealkylation sites (tertiary alicyclic amines) is 1. The van der Waals surface area contributed by atoms with E-state index in [4.69, 9.17) is 4.74 Å². The van der Waals surface area contributed by atoms with Crippen molar-refractivity contribution >= 4 is 0 Å². The molecule has 4 aliphatic rings. The number of piperidine rings is 1. The molecule has 1 spiro atoms. The molecule has 2 bridgehead atoms. The summed E-state index contributed by atoms with van der Waals surface area (Å²) < 4.78 is 6.09. The van der Waals surface area contributed by atoms with E-state index in [1.54, 1.807) is 6.07 Å². The Morgan fingerprint density at radius 3 is 2.71 bits per heavy atom. The molecule has 2 aliphatic carbocycles. The maximum absolute atomic E-state index is 10.4. The Labute approximate surface area is 140 Å². The van der Waals surface area contributed by atoms with Gasteiger partial charge in [0.15, 0.2) is 11.5 Å². The largest absolute Gasteiger partial charge is 0.504 e. The van der Waals surface area contributed by atoms with E-state index in [-0.39, 0.29) is 33.7 Å². The summed E-state index contributed by atoms with van der Waals surface area (Å²) in [6.45, 7) is 1.01. The average molecular weight is 339 g/mol. The highest BCUT2D eigenvalue weighted by atomic mass is 16.5. The zero-order chi connectivity index (χ0) is 14.4. The van der Waals surface area contributed by atoms with Crippen LogP contribution in [0.3, 0.4) is 0 Å². The van der Waals surface area contributed by atoms with Crippen LogP contribution in [-0.2, 0) is 11.8 Å². The highest BCUT2D eigenvalue weighted by Crippen LogP contribution is 2.62. The van der Waals surface area contributed by atoms with Gasteiger partial charge < -0.3 is 36.3 Å². The Hall–Kier alpha value is -1.64. The van der Waals surface area contributed by atoms with E-state index in [9.17, 15) is 10.2 Å². The van der Waals surface area contributed by atoms with Crippen LogP contribution in [0.15, 0.2) is 24.3 Å². The van der Waals surface area contributed by atoms with Crippen molar-refractivity contribution in [1.29, 1.82) is 0 Å². The van der Waals surface area contributed by atoms with Crippen molar-refractivity contribution < 1.29 is 31.4 Å². The van der Waals surface area contributed by atoms with Crippen LogP contribution < -0.4 is 4.74 Å². The van der Waals surface area contributed by atoms with Gasteiger partial charge in [0.1, 0.15) is 12.2 Å². The van der Waals surface area contributed by atoms with Crippen molar-refractivity contribution in [3.05, 3.63) is 35.4 Å². The van der Waals surface area contributed by atoms with E-state index >= 15 is 0 Å². The predicted octanol–water partition coefficient (Wildman–Crippen LogP) is -1.28. The van der Waals surface area contributed by atoms with Crippen LogP contribution in [0.25, 0.3) is 0 Å². The standard InChI is InChI=1S/C17H19NO3.3H2O/c1-18-7-6-17-10-3-5-13(20)16(17)21-15-12(19)4-2-9(14(15)17)8-11(10)18;;;/h2-5,10-11,13,16,19-20H,6-8H2,1H3;3*1H2. The van der Waals surface area contributed by atoms with Crippen molar-refractivity contribution in [2.24, 2.45) is 5.92 Å². The van der Waals surface area contributed by atoms with Crippen LogP contribution >= 0.6 is 0 Å². The molecule has 24 heavy (non-hydrogen) atoms. The predicted molar refractivity (Wildman–Crippen MR) is 88.4 cm³/mol. The number of phenolic OH excluding ortho intramolecular Hbond substituents is 1. The lowest BCUT2D eigenvalue weighted by Gasteiger charge is -2.56. The number of benzene rings is 1. The summed E-state index contributed by atoms with van der Waals surface area (Å²) >= 11 is 0. The number of phenols is 1. The first kappa shape index (κ1) is 18.7. The van der Waals surface area contributed by atoms with Gasteiger partial charge in [-0.05, 0) is 38.1 Å².